The van der Waals surface area contributed by atoms with Gasteiger partial charge in [0.2, 0.25) is 0 Å². The fraction of sp³-hybridized carbons (Fsp3) is 0.125. The monoisotopic (exact) mass is 253 g/mol. The van der Waals surface area contributed by atoms with Gasteiger partial charge < -0.3 is 5.11 Å². The van der Waals surface area contributed by atoms with E-state index in [2.05, 4.69) is 18.0 Å². The third kappa shape index (κ3) is 3.52. The normalized spacial score (nSPS) is 10.8. The Kier molecular flexibility index (Phi) is 4.08. The highest BCUT2D eigenvalue weighted by Crippen LogP contribution is 2.18. The van der Waals surface area contributed by atoms with Crippen LogP contribution in [0.2, 0.25) is 0 Å². The first-order valence-corrected chi connectivity index (χ1v) is 6.15. The predicted octanol–water partition coefficient (Wildman–Crippen LogP) is 3.41. The smallest absolute Gasteiger partial charge is 0.328 e. The van der Waals surface area contributed by atoms with Gasteiger partial charge in [-0.05, 0) is 29.7 Å². The Labute approximate surface area is 112 Å². The molecule has 3 nitrogen and oxygen atoms in total. The van der Waals surface area contributed by atoms with Crippen LogP contribution in [0.3, 0.4) is 0 Å². The summed E-state index contributed by atoms with van der Waals surface area (Å²) in [6.45, 7) is 2.10. The van der Waals surface area contributed by atoms with Crippen molar-refractivity contribution in [1.29, 1.82) is 0 Å². The van der Waals surface area contributed by atoms with Gasteiger partial charge in [0.25, 0.3) is 0 Å². The minimum Gasteiger partial charge on any atom is -0.478 e. The Hall–Kier alpha value is -2.42. The Morgan fingerprint density at radius 1 is 1.21 bits per heavy atom. The van der Waals surface area contributed by atoms with Crippen LogP contribution in [0.1, 0.15) is 18.1 Å². The standard InChI is InChI=1S/C16H15NO2/c1-2-12-5-9-15(17-11-12)14-7-3-13(4-8-14)6-10-16(18)19/h3-11H,2H2,1H3,(H,18,19). The SMILES string of the molecule is CCc1ccc(-c2ccc(C=CC(=O)O)cc2)nc1. The molecule has 1 aromatic heterocycles. The number of aromatic nitrogens is 1. The maximum atomic E-state index is 10.4. The molecular formula is C16H15NO2. The van der Waals surface area contributed by atoms with Gasteiger partial charge in [0.1, 0.15) is 0 Å². The summed E-state index contributed by atoms with van der Waals surface area (Å²) in [4.78, 5) is 14.8. The van der Waals surface area contributed by atoms with Gasteiger partial charge in [-0.25, -0.2) is 4.79 Å². The summed E-state index contributed by atoms with van der Waals surface area (Å²) in [6.07, 6.45) is 5.56. The first kappa shape index (κ1) is 13.0. The highest BCUT2D eigenvalue weighted by atomic mass is 16.4. The molecule has 1 aromatic carbocycles. The number of hydrogen-bond donors (Lipinski definition) is 1. The van der Waals surface area contributed by atoms with Gasteiger partial charge in [-0.2, -0.15) is 0 Å². The number of aryl methyl sites for hydroxylation is 1. The topological polar surface area (TPSA) is 50.2 Å². The number of carbonyl (C=O) groups is 1. The number of benzene rings is 1. The van der Waals surface area contributed by atoms with Crippen LogP contribution in [0.4, 0.5) is 0 Å². The van der Waals surface area contributed by atoms with Crippen molar-refractivity contribution >= 4 is 12.0 Å². The molecule has 0 saturated carbocycles. The third-order valence-corrected chi connectivity index (χ3v) is 2.86. The number of rotatable bonds is 4. The fourth-order valence-electron chi connectivity index (χ4n) is 1.74. The molecule has 0 aliphatic heterocycles. The fourth-order valence-corrected chi connectivity index (χ4v) is 1.74. The number of nitrogens with zero attached hydrogens (tertiary/aromatic N) is 1. The van der Waals surface area contributed by atoms with E-state index in [4.69, 9.17) is 5.11 Å². The van der Waals surface area contributed by atoms with E-state index in [1.165, 1.54) is 5.56 Å². The molecule has 96 valence electrons. The molecule has 0 spiro atoms. The lowest BCUT2D eigenvalue weighted by molar-refractivity contribution is -0.131. The van der Waals surface area contributed by atoms with Gasteiger partial charge in [-0.15, -0.1) is 0 Å². The van der Waals surface area contributed by atoms with E-state index < -0.39 is 5.97 Å². The predicted molar refractivity (Wildman–Crippen MR) is 75.7 cm³/mol. The van der Waals surface area contributed by atoms with E-state index >= 15 is 0 Å². The summed E-state index contributed by atoms with van der Waals surface area (Å²) in [5.74, 6) is -0.944. The lowest BCUT2D eigenvalue weighted by Crippen LogP contribution is -1.87. The summed E-state index contributed by atoms with van der Waals surface area (Å²) >= 11 is 0. The molecule has 0 fully saturated rings. The highest BCUT2D eigenvalue weighted by molar-refractivity contribution is 5.85. The summed E-state index contributed by atoms with van der Waals surface area (Å²) in [5.41, 5.74) is 4.02. The van der Waals surface area contributed by atoms with E-state index in [1.807, 2.05) is 36.5 Å². The molecule has 0 aliphatic rings. The number of carboxylic acids is 1. The molecule has 1 N–H and O–H groups in total. The van der Waals surface area contributed by atoms with Gasteiger partial charge in [0.05, 0.1) is 5.69 Å². The average molecular weight is 253 g/mol. The average Bonchev–Trinajstić information content (AvgIpc) is 2.46. The zero-order valence-electron chi connectivity index (χ0n) is 10.7. The molecule has 19 heavy (non-hydrogen) atoms. The molecule has 0 unspecified atom stereocenters. The number of aliphatic carboxylic acids is 1. The van der Waals surface area contributed by atoms with Crippen LogP contribution >= 0.6 is 0 Å². The Morgan fingerprint density at radius 3 is 2.47 bits per heavy atom. The van der Waals surface area contributed by atoms with Crippen molar-refractivity contribution in [3.63, 3.8) is 0 Å². The van der Waals surface area contributed by atoms with Crippen molar-refractivity contribution < 1.29 is 9.90 Å². The van der Waals surface area contributed by atoms with Crippen LogP contribution in [0.25, 0.3) is 17.3 Å². The first-order chi connectivity index (χ1) is 9.19. The molecule has 0 bridgehead atoms. The summed E-state index contributed by atoms with van der Waals surface area (Å²) in [7, 11) is 0. The highest BCUT2D eigenvalue weighted by Gasteiger charge is 1.99. The van der Waals surface area contributed by atoms with E-state index in [1.54, 1.807) is 6.08 Å². The maximum absolute atomic E-state index is 10.4. The van der Waals surface area contributed by atoms with E-state index in [-0.39, 0.29) is 0 Å². The third-order valence-electron chi connectivity index (χ3n) is 2.86. The van der Waals surface area contributed by atoms with Crippen molar-refractivity contribution in [3.05, 3.63) is 59.8 Å². The van der Waals surface area contributed by atoms with Crippen molar-refractivity contribution in [2.75, 3.05) is 0 Å². The van der Waals surface area contributed by atoms with E-state index in [0.29, 0.717) is 0 Å². The van der Waals surface area contributed by atoms with Crippen LogP contribution in [-0.4, -0.2) is 16.1 Å². The zero-order valence-corrected chi connectivity index (χ0v) is 10.7. The van der Waals surface area contributed by atoms with Gasteiger partial charge in [0, 0.05) is 17.8 Å². The Balaban J connectivity index is 2.19. The maximum Gasteiger partial charge on any atom is 0.328 e. The number of hydrogen-bond acceptors (Lipinski definition) is 2. The van der Waals surface area contributed by atoms with Gasteiger partial charge in [0.15, 0.2) is 0 Å². The largest absolute Gasteiger partial charge is 0.478 e. The van der Waals surface area contributed by atoms with E-state index in [9.17, 15) is 4.79 Å². The van der Waals surface area contributed by atoms with Crippen LogP contribution in [0.5, 0.6) is 0 Å². The lowest BCUT2D eigenvalue weighted by Gasteiger charge is -2.02. The number of carboxylic acid groups (broad SMARTS) is 1. The molecule has 0 aliphatic carbocycles. The Bertz CT molecular complexity index is 583. The van der Waals surface area contributed by atoms with Crippen LogP contribution in [0.15, 0.2) is 48.7 Å². The molecule has 3 heteroatoms. The molecule has 2 aromatic rings. The quantitative estimate of drug-likeness (QED) is 0.849. The minimum absolute atomic E-state index is 0.858. The van der Waals surface area contributed by atoms with Crippen LogP contribution in [-0.2, 0) is 11.2 Å². The van der Waals surface area contributed by atoms with Crippen molar-refractivity contribution in [1.82, 2.24) is 4.98 Å². The molecule has 0 atom stereocenters. The Morgan fingerprint density at radius 2 is 1.95 bits per heavy atom. The molecule has 1 heterocycles. The lowest BCUT2D eigenvalue weighted by atomic mass is 10.1. The molecular weight excluding hydrogens is 238 g/mol. The summed E-state index contributed by atoms with van der Waals surface area (Å²) in [5, 5.41) is 8.56. The summed E-state index contributed by atoms with van der Waals surface area (Å²) in [6, 6.07) is 11.7. The second-order valence-electron chi connectivity index (χ2n) is 4.20. The van der Waals surface area contributed by atoms with Gasteiger partial charge >= 0.3 is 5.97 Å². The first-order valence-electron chi connectivity index (χ1n) is 6.15. The van der Waals surface area contributed by atoms with Crippen molar-refractivity contribution in [2.45, 2.75) is 13.3 Å². The second kappa shape index (κ2) is 5.96. The van der Waals surface area contributed by atoms with Crippen LogP contribution < -0.4 is 0 Å². The molecule has 0 saturated heterocycles. The second-order valence-corrected chi connectivity index (χ2v) is 4.20. The van der Waals surface area contributed by atoms with Crippen molar-refractivity contribution in [2.24, 2.45) is 0 Å². The zero-order chi connectivity index (χ0) is 13.7. The molecule has 2 rings (SSSR count). The minimum atomic E-state index is -0.944. The van der Waals surface area contributed by atoms with Gasteiger partial charge in [-0.3, -0.25) is 4.98 Å². The van der Waals surface area contributed by atoms with Crippen molar-refractivity contribution in [3.8, 4) is 11.3 Å². The van der Waals surface area contributed by atoms with E-state index in [0.717, 1.165) is 29.3 Å². The van der Waals surface area contributed by atoms with Crippen LogP contribution in [0, 0.1) is 0 Å². The van der Waals surface area contributed by atoms with Gasteiger partial charge in [-0.1, -0.05) is 37.3 Å². The molecule has 0 radical (unpaired) electrons. The summed E-state index contributed by atoms with van der Waals surface area (Å²) < 4.78 is 0. The number of pyridine rings is 1. The molecule has 0 amide bonds.